The molecule has 2 rings (SSSR count). The topological polar surface area (TPSA) is 9.23 Å². The van der Waals surface area contributed by atoms with Crippen LogP contribution in [0.3, 0.4) is 0 Å². The number of hydrogen-bond donors (Lipinski definition) is 0. The van der Waals surface area contributed by atoms with Gasteiger partial charge in [0.05, 0.1) is 10.6 Å². The molecule has 0 radical (unpaired) electrons. The molecule has 86 valence electrons. The van der Waals surface area contributed by atoms with E-state index in [2.05, 4.69) is 4.74 Å². The number of halogens is 5. The Morgan fingerprint density at radius 3 is 2.56 bits per heavy atom. The molecule has 1 aliphatic heterocycles. The Bertz CT molecular complexity index is 453. The van der Waals surface area contributed by atoms with Gasteiger partial charge in [0, 0.05) is 0 Å². The lowest BCUT2D eigenvalue weighted by Gasteiger charge is -2.23. The van der Waals surface area contributed by atoms with E-state index in [1.54, 1.807) is 0 Å². The van der Waals surface area contributed by atoms with Gasteiger partial charge in [-0.2, -0.15) is 13.2 Å². The summed E-state index contributed by atoms with van der Waals surface area (Å²) in [6.45, 7) is 0. The van der Waals surface area contributed by atoms with Crippen molar-refractivity contribution in [1.29, 1.82) is 0 Å². The van der Waals surface area contributed by atoms with Gasteiger partial charge in [-0.1, -0.05) is 11.6 Å². The smallest absolute Gasteiger partial charge is 0.429 e. The van der Waals surface area contributed by atoms with E-state index in [0.29, 0.717) is 0 Å². The number of fused-ring (bicyclic) bond motifs is 1. The maximum Gasteiger partial charge on any atom is 0.429 e. The second-order valence-corrected chi connectivity index (χ2v) is 3.62. The molecular formula is C10H5ClF4O. The molecule has 1 atom stereocenters. The van der Waals surface area contributed by atoms with Crippen molar-refractivity contribution in [3.05, 3.63) is 34.6 Å². The summed E-state index contributed by atoms with van der Waals surface area (Å²) in [5.41, 5.74) is -0.0620. The Morgan fingerprint density at radius 1 is 1.25 bits per heavy atom. The fourth-order valence-corrected chi connectivity index (χ4v) is 1.51. The van der Waals surface area contributed by atoms with Crippen LogP contribution in [0.15, 0.2) is 18.2 Å². The third-order valence-corrected chi connectivity index (χ3v) is 2.40. The van der Waals surface area contributed by atoms with Gasteiger partial charge >= 0.3 is 6.18 Å². The van der Waals surface area contributed by atoms with Crippen molar-refractivity contribution < 1.29 is 22.3 Å². The molecule has 0 aromatic heterocycles. The largest absolute Gasteiger partial charge is 0.476 e. The summed E-state index contributed by atoms with van der Waals surface area (Å²) in [5.74, 6) is -0.942. The zero-order chi connectivity index (χ0) is 11.9. The third kappa shape index (κ3) is 1.87. The maximum atomic E-state index is 13.4. The van der Waals surface area contributed by atoms with Crippen molar-refractivity contribution in [2.75, 3.05) is 0 Å². The quantitative estimate of drug-likeness (QED) is 0.638. The maximum absolute atomic E-state index is 13.4. The Kier molecular flexibility index (Phi) is 2.58. The molecule has 0 fully saturated rings. The van der Waals surface area contributed by atoms with Crippen LogP contribution in [0, 0.1) is 5.82 Å². The molecule has 6 heteroatoms. The van der Waals surface area contributed by atoms with Crippen molar-refractivity contribution in [2.45, 2.75) is 12.3 Å². The van der Waals surface area contributed by atoms with Crippen LogP contribution >= 0.6 is 11.6 Å². The van der Waals surface area contributed by atoms with E-state index in [1.807, 2.05) is 0 Å². The van der Waals surface area contributed by atoms with Gasteiger partial charge in [-0.05, 0) is 24.3 Å². The Hall–Kier alpha value is -1.23. The first-order chi connectivity index (χ1) is 7.39. The fraction of sp³-hybridized carbons (Fsp3) is 0.200. The van der Waals surface area contributed by atoms with Crippen LogP contribution in [-0.4, -0.2) is 12.3 Å². The van der Waals surface area contributed by atoms with Crippen molar-refractivity contribution in [3.63, 3.8) is 0 Å². The second kappa shape index (κ2) is 3.66. The van der Waals surface area contributed by atoms with Crippen molar-refractivity contribution in [1.82, 2.24) is 0 Å². The Labute approximate surface area is 93.3 Å². The van der Waals surface area contributed by atoms with E-state index < -0.39 is 18.1 Å². The van der Waals surface area contributed by atoms with E-state index >= 15 is 0 Å². The van der Waals surface area contributed by atoms with Crippen LogP contribution in [-0.2, 0) is 0 Å². The molecule has 1 aliphatic rings. The summed E-state index contributed by atoms with van der Waals surface area (Å²) in [4.78, 5) is 0. The van der Waals surface area contributed by atoms with Crippen LogP contribution in [0.5, 0.6) is 5.75 Å². The molecule has 0 spiro atoms. The molecule has 1 nitrogen and oxygen atoms in total. The van der Waals surface area contributed by atoms with Gasteiger partial charge in [0.2, 0.25) is 6.10 Å². The lowest BCUT2D eigenvalue weighted by molar-refractivity contribution is -0.180. The van der Waals surface area contributed by atoms with Crippen LogP contribution < -0.4 is 4.74 Å². The standard InChI is InChI=1S/C10H5ClF4O/c11-6-2-3-7-5(9(6)12)1-4-8(16-7)10(13,14)15/h1-4,8H. The SMILES string of the molecule is Fc1c(Cl)ccc2c1C=CC(C(F)(F)F)O2. The number of rotatable bonds is 0. The van der Waals surface area contributed by atoms with Crippen LogP contribution in [0.25, 0.3) is 6.08 Å². The van der Waals surface area contributed by atoms with Crippen molar-refractivity contribution in [3.8, 4) is 5.75 Å². The van der Waals surface area contributed by atoms with Crippen molar-refractivity contribution >= 4 is 17.7 Å². The molecule has 16 heavy (non-hydrogen) atoms. The summed E-state index contributed by atoms with van der Waals surface area (Å²) in [7, 11) is 0. The highest BCUT2D eigenvalue weighted by Gasteiger charge is 2.41. The van der Waals surface area contributed by atoms with E-state index in [1.165, 1.54) is 6.07 Å². The van der Waals surface area contributed by atoms with Gasteiger partial charge in [-0.3, -0.25) is 0 Å². The summed E-state index contributed by atoms with van der Waals surface area (Å²) in [6, 6.07) is 2.37. The number of benzene rings is 1. The van der Waals surface area contributed by atoms with Gasteiger partial charge in [-0.15, -0.1) is 0 Å². The summed E-state index contributed by atoms with van der Waals surface area (Å²) in [5, 5.41) is -0.155. The predicted molar refractivity (Wildman–Crippen MR) is 50.9 cm³/mol. The predicted octanol–water partition coefficient (Wildman–Crippen LogP) is 3.82. The molecule has 0 saturated carbocycles. The minimum atomic E-state index is -4.51. The molecule has 1 aromatic carbocycles. The fourth-order valence-electron chi connectivity index (χ4n) is 1.34. The van der Waals surface area contributed by atoms with E-state index in [4.69, 9.17) is 11.6 Å². The van der Waals surface area contributed by atoms with Crippen LogP contribution in [0.2, 0.25) is 5.02 Å². The average Bonchev–Trinajstić information content (AvgIpc) is 2.22. The molecular weight excluding hydrogens is 248 g/mol. The minimum absolute atomic E-state index is 0.0620. The monoisotopic (exact) mass is 252 g/mol. The first kappa shape index (κ1) is 11.3. The Morgan fingerprint density at radius 2 is 1.94 bits per heavy atom. The first-order valence-electron chi connectivity index (χ1n) is 4.29. The molecule has 1 aromatic rings. The molecule has 0 saturated heterocycles. The van der Waals surface area contributed by atoms with E-state index in [-0.39, 0.29) is 16.3 Å². The van der Waals surface area contributed by atoms with Gasteiger partial charge in [0.1, 0.15) is 5.75 Å². The highest BCUT2D eigenvalue weighted by atomic mass is 35.5. The second-order valence-electron chi connectivity index (χ2n) is 3.21. The summed E-state index contributed by atoms with van der Waals surface area (Å²) in [6.07, 6.45) is -4.77. The van der Waals surface area contributed by atoms with Gasteiger partial charge in [-0.25, -0.2) is 4.39 Å². The minimum Gasteiger partial charge on any atom is -0.476 e. The highest BCUT2D eigenvalue weighted by Crippen LogP contribution is 2.36. The lowest BCUT2D eigenvalue weighted by Crippen LogP contribution is -2.34. The average molecular weight is 253 g/mol. The molecule has 0 aliphatic carbocycles. The summed E-state index contributed by atoms with van der Waals surface area (Å²) >= 11 is 5.49. The highest BCUT2D eigenvalue weighted by molar-refractivity contribution is 6.31. The van der Waals surface area contributed by atoms with Gasteiger partial charge < -0.3 is 4.74 Å². The number of ether oxygens (including phenoxy) is 1. The third-order valence-electron chi connectivity index (χ3n) is 2.11. The zero-order valence-electron chi connectivity index (χ0n) is 7.68. The normalized spacial score (nSPS) is 19.2. The van der Waals surface area contributed by atoms with Gasteiger partial charge in [0.25, 0.3) is 0 Å². The van der Waals surface area contributed by atoms with E-state index in [0.717, 1.165) is 18.2 Å². The summed E-state index contributed by atoms with van der Waals surface area (Å²) < 4.78 is 54.9. The van der Waals surface area contributed by atoms with Crippen LogP contribution in [0.1, 0.15) is 5.56 Å². The molecule has 1 unspecified atom stereocenters. The van der Waals surface area contributed by atoms with Crippen molar-refractivity contribution in [2.24, 2.45) is 0 Å². The lowest BCUT2D eigenvalue weighted by atomic mass is 10.1. The van der Waals surface area contributed by atoms with Crippen LogP contribution in [0.4, 0.5) is 17.6 Å². The molecule has 0 bridgehead atoms. The molecule has 0 amide bonds. The first-order valence-corrected chi connectivity index (χ1v) is 4.67. The van der Waals surface area contributed by atoms with E-state index in [9.17, 15) is 17.6 Å². The number of hydrogen-bond acceptors (Lipinski definition) is 1. The zero-order valence-corrected chi connectivity index (χ0v) is 8.44. The molecule has 0 N–H and O–H groups in total. The van der Waals surface area contributed by atoms with Gasteiger partial charge in [0.15, 0.2) is 5.82 Å². The number of alkyl halides is 3. The molecule has 1 heterocycles. The Balaban J connectivity index is 2.41.